The molecule has 0 N–H and O–H groups in total. The molecule has 1 rings (SSSR count). The number of alkyl halides is 3. The monoisotopic (exact) mass is 297 g/mol. The number of amides is 1. The van der Waals surface area contributed by atoms with E-state index in [1.807, 2.05) is 0 Å². The van der Waals surface area contributed by atoms with Gasteiger partial charge < -0.3 is 14.4 Å². The molecule has 0 spiro atoms. The van der Waals surface area contributed by atoms with E-state index < -0.39 is 23.3 Å². The number of nitrogens with zero attached hydrogens (tertiary/aromatic N) is 1. The van der Waals surface area contributed by atoms with Crippen LogP contribution in [0.1, 0.15) is 33.6 Å². The number of carbonyl (C=O) groups is 1. The normalized spacial score (nSPS) is 19.9. The van der Waals surface area contributed by atoms with Gasteiger partial charge in [0.25, 0.3) is 0 Å². The standard InChI is InChI=1S/C13H22F3NO3/c1-11(2,3)20-10(18)17-7-5-12(6-8-17,9-19-4)13(14,15)16/h5-9H2,1-4H3. The van der Waals surface area contributed by atoms with Crippen molar-refractivity contribution in [3.8, 4) is 0 Å². The lowest BCUT2D eigenvalue weighted by molar-refractivity contribution is -0.250. The summed E-state index contributed by atoms with van der Waals surface area (Å²) in [6.45, 7) is 4.84. The molecular formula is C13H22F3NO3. The van der Waals surface area contributed by atoms with E-state index in [0.717, 1.165) is 0 Å². The number of halogens is 3. The summed E-state index contributed by atoms with van der Waals surface area (Å²) in [6.07, 6.45) is -5.22. The SMILES string of the molecule is COCC1(C(F)(F)F)CCN(C(=O)OC(C)(C)C)CC1. The van der Waals surface area contributed by atoms with Gasteiger partial charge in [0, 0.05) is 20.2 Å². The minimum atomic E-state index is -4.33. The molecule has 4 nitrogen and oxygen atoms in total. The number of methoxy groups -OCH3 is 1. The smallest absolute Gasteiger partial charge is 0.410 e. The highest BCUT2D eigenvalue weighted by Crippen LogP contribution is 2.46. The van der Waals surface area contributed by atoms with Crippen LogP contribution >= 0.6 is 0 Å². The van der Waals surface area contributed by atoms with Crippen LogP contribution in [0.3, 0.4) is 0 Å². The highest BCUT2D eigenvalue weighted by molar-refractivity contribution is 5.68. The summed E-state index contributed by atoms with van der Waals surface area (Å²) in [5, 5.41) is 0. The lowest BCUT2D eigenvalue weighted by atomic mass is 9.78. The molecule has 0 bridgehead atoms. The number of carbonyl (C=O) groups excluding carboxylic acids is 1. The summed E-state index contributed by atoms with van der Waals surface area (Å²) in [5.74, 6) is 0. The summed E-state index contributed by atoms with van der Waals surface area (Å²) in [4.78, 5) is 13.1. The summed E-state index contributed by atoms with van der Waals surface area (Å²) in [5.41, 5.74) is -2.51. The second kappa shape index (κ2) is 5.79. The van der Waals surface area contributed by atoms with E-state index >= 15 is 0 Å². The van der Waals surface area contributed by atoms with Crippen LogP contribution in [-0.2, 0) is 9.47 Å². The van der Waals surface area contributed by atoms with Gasteiger partial charge >= 0.3 is 12.3 Å². The van der Waals surface area contributed by atoms with Crippen LogP contribution in [0.4, 0.5) is 18.0 Å². The molecule has 0 aromatic rings. The molecule has 1 saturated heterocycles. The zero-order chi connectivity index (χ0) is 15.6. The first kappa shape index (κ1) is 17.1. The van der Waals surface area contributed by atoms with E-state index in [1.165, 1.54) is 12.0 Å². The van der Waals surface area contributed by atoms with Gasteiger partial charge in [-0.3, -0.25) is 0 Å². The Morgan fingerprint density at radius 1 is 1.20 bits per heavy atom. The van der Waals surface area contributed by atoms with E-state index in [2.05, 4.69) is 0 Å². The van der Waals surface area contributed by atoms with Gasteiger partial charge in [-0.25, -0.2) is 4.79 Å². The molecule has 1 aliphatic rings. The number of piperidine rings is 1. The number of rotatable bonds is 2. The van der Waals surface area contributed by atoms with E-state index in [9.17, 15) is 18.0 Å². The lowest BCUT2D eigenvalue weighted by Gasteiger charge is -2.42. The van der Waals surface area contributed by atoms with Crippen LogP contribution in [0.2, 0.25) is 0 Å². The Labute approximate surface area is 117 Å². The number of ether oxygens (including phenoxy) is 2. The van der Waals surface area contributed by atoms with Gasteiger partial charge in [-0.15, -0.1) is 0 Å². The summed E-state index contributed by atoms with van der Waals surface area (Å²) < 4.78 is 49.4. The zero-order valence-electron chi connectivity index (χ0n) is 12.3. The van der Waals surface area contributed by atoms with Crippen LogP contribution in [0.15, 0.2) is 0 Å². The molecule has 1 aliphatic heterocycles. The molecule has 0 atom stereocenters. The molecule has 20 heavy (non-hydrogen) atoms. The first-order valence-corrected chi connectivity index (χ1v) is 6.54. The predicted molar refractivity (Wildman–Crippen MR) is 67.4 cm³/mol. The van der Waals surface area contributed by atoms with Gasteiger partial charge in [0.1, 0.15) is 5.60 Å². The number of hydrogen-bond acceptors (Lipinski definition) is 3. The molecular weight excluding hydrogens is 275 g/mol. The average Bonchev–Trinajstić information content (AvgIpc) is 2.26. The van der Waals surface area contributed by atoms with Crippen LogP contribution in [0, 0.1) is 5.41 Å². The molecule has 0 saturated carbocycles. The van der Waals surface area contributed by atoms with Crippen LogP contribution in [-0.4, -0.2) is 49.6 Å². The molecule has 0 radical (unpaired) electrons. The van der Waals surface area contributed by atoms with Crippen LogP contribution in [0.5, 0.6) is 0 Å². The van der Waals surface area contributed by atoms with Crippen LogP contribution < -0.4 is 0 Å². The van der Waals surface area contributed by atoms with Crippen molar-refractivity contribution in [3.05, 3.63) is 0 Å². The summed E-state index contributed by atoms with van der Waals surface area (Å²) in [7, 11) is 1.26. The van der Waals surface area contributed by atoms with Crippen molar-refractivity contribution < 1.29 is 27.4 Å². The molecule has 0 aliphatic carbocycles. The highest BCUT2D eigenvalue weighted by atomic mass is 19.4. The maximum absolute atomic E-state index is 13.2. The van der Waals surface area contributed by atoms with Crippen molar-refractivity contribution in [3.63, 3.8) is 0 Å². The van der Waals surface area contributed by atoms with Crippen molar-refractivity contribution in [2.24, 2.45) is 5.41 Å². The third-order valence-electron chi connectivity index (χ3n) is 3.39. The fourth-order valence-corrected chi connectivity index (χ4v) is 2.23. The van der Waals surface area contributed by atoms with Crippen molar-refractivity contribution in [1.82, 2.24) is 4.90 Å². The Kier molecular flexibility index (Phi) is 4.94. The van der Waals surface area contributed by atoms with E-state index in [1.54, 1.807) is 20.8 Å². The Morgan fingerprint density at radius 3 is 2.05 bits per heavy atom. The second-order valence-corrected chi connectivity index (χ2v) is 6.18. The van der Waals surface area contributed by atoms with E-state index in [0.29, 0.717) is 0 Å². The highest BCUT2D eigenvalue weighted by Gasteiger charge is 2.56. The molecule has 1 heterocycles. The van der Waals surface area contributed by atoms with Crippen molar-refractivity contribution >= 4 is 6.09 Å². The third kappa shape index (κ3) is 4.01. The number of hydrogen-bond donors (Lipinski definition) is 0. The third-order valence-corrected chi connectivity index (χ3v) is 3.39. The van der Waals surface area contributed by atoms with Crippen LogP contribution in [0.25, 0.3) is 0 Å². The second-order valence-electron chi connectivity index (χ2n) is 6.18. The first-order valence-electron chi connectivity index (χ1n) is 6.54. The average molecular weight is 297 g/mol. The summed E-state index contributed by atoms with van der Waals surface area (Å²) in [6, 6.07) is 0. The molecule has 1 fully saturated rings. The molecule has 1 amide bonds. The van der Waals surface area contributed by atoms with Gasteiger partial charge in [0.15, 0.2) is 0 Å². The van der Waals surface area contributed by atoms with Gasteiger partial charge in [-0.05, 0) is 33.6 Å². The molecule has 7 heteroatoms. The largest absolute Gasteiger partial charge is 0.444 e. The zero-order valence-corrected chi connectivity index (χ0v) is 12.3. The van der Waals surface area contributed by atoms with E-state index in [4.69, 9.17) is 9.47 Å². The van der Waals surface area contributed by atoms with Gasteiger partial charge in [0.2, 0.25) is 0 Å². The van der Waals surface area contributed by atoms with Crippen molar-refractivity contribution in [1.29, 1.82) is 0 Å². The molecule has 0 aromatic carbocycles. The predicted octanol–water partition coefficient (Wildman–Crippen LogP) is 3.21. The fraction of sp³-hybridized carbons (Fsp3) is 0.923. The molecule has 0 unspecified atom stereocenters. The quantitative estimate of drug-likeness (QED) is 0.785. The maximum Gasteiger partial charge on any atom is 0.410 e. The minimum absolute atomic E-state index is 0.0256. The van der Waals surface area contributed by atoms with Crippen molar-refractivity contribution in [2.45, 2.75) is 45.4 Å². The fourth-order valence-electron chi connectivity index (χ4n) is 2.23. The van der Waals surface area contributed by atoms with Gasteiger partial charge in [0.05, 0.1) is 12.0 Å². The number of likely N-dealkylation sites (tertiary alicyclic amines) is 1. The Morgan fingerprint density at radius 2 is 1.70 bits per heavy atom. The Bertz CT molecular complexity index is 342. The Hall–Kier alpha value is -0.980. The topological polar surface area (TPSA) is 38.8 Å². The van der Waals surface area contributed by atoms with E-state index in [-0.39, 0.29) is 32.5 Å². The van der Waals surface area contributed by atoms with Gasteiger partial charge in [-0.2, -0.15) is 13.2 Å². The first-order chi connectivity index (χ1) is 9.01. The molecule has 118 valence electrons. The minimum Gasteiger partial charge on any atom is -0.444 e. The molecule has 0 aromatic heterocycles. The summed E-state index contributed by atoms with van der Waals surface area (Å²) >= 11 is 0. The lowest BCUT2D eigenvalue weighted by Crippen LogP contribution is -2.52. The maximum atomic E-state index is 13.2. The van der Waals surface area contributed by atoms with Gasteiger partial charge in [-0.1, -0.05) is 0 Å². The Balaban J connectivity index is 2.68. The van der Waals surface area contributed by atoms with Crippen molar-refractivity contribution in [2.75, 3.05) is 26.8 Å².